The van der Waals surface area contributed by atoms with Crippen molar-refractivity contribution in [3.8, 4) is 0 Å². The van der Waals surface area contributed by atoms with Gasteiger partial charge in [0.05, 0.1) is 13.2 Å². The van der Waals surface area contributed by atoms with Crippen LogP contribution in [0.15, 0.2) is 17.5 Å². The summed E-state index contributed by atoms with van der Waals surface area (Å²) in [5, 5.41) is 14.2. The van der Waals surface area contributed by atoms with Gasteiger partial charge in [0, 0.05) is 13.0 Å². The van der Waals surface area contributed by atoms with Gasteiger partial charge >= 0.3 is 6.09 Å². The quantitative estimate of drug-likeness (QED) is 0.791. The number of alkyl carbamates (subject to hydrolysis) is 1. The topological polar surface area (TPSA) is 58.6 Å². The number of carbonyl (C=O) groups is 1. The molecule has 1 aromatic heterocycles. The zero-order valence-corrected chi connectivity index (χ0v) is 12.9. The number of ether oxygens (including phenoxy) is 1. The monoisotopic (exact) mass is 287 g/mol. The fourth-order valence-electron chi connectivity index (χ4n) is 1.26. The molecule has 0 aliphatic heterocycles. The van der Waals surface area contributed by atoms with E-state index in [9.17, 15) is 9.90 Å². The summed E-state index contributed by atoms with van der Waals surface area (Å²) in [5.41, 5.74) is 0. The first-order valence-electron chi connectivity index (χ1n) is 6.00. The van der Waals surface area contributed by atoms with Gasteiger partial charge in [-0.3, -0.25) is 0 Å². The zero-order chi connectivity index (χ0) is 13.6. The Bertz CT molecular complexity index is 362. The van der Waals surface area contributed by atoms with Crippen LogP contribution in [0, 0.1) is 0 Å². The third kappa shape index (κ3) is 6.18. The highest BCUT2D eigenvalue weighted by Gasteiger charge is 2.14. The first-order valence-corrected chi connectivity index (χ1v) is 10.6. The third-order valence-electron chi connectivity index (χ3n) is 2.40. The smallest absolute Gasteiger partial charge is 0.407 e. The Kier molecular flexibility index (Phi) is 5.84. The summed E-state index contributed by atoms with van der Waals surface area (Å²) in [6.07, 6.45) is -1.11. The molecule has 102 valence electrons. The first kappa shape index (κ1) is 15.2. The number of rotatable bonds is 6. The summed E-state index contributed by atoms with van der Waals surface area (Å²) in [5.74, 6) is 0. The van der Waals surface area contributed by atoms with E-state index in [1.165, 1.54) is 11.3 Å². The summed E-state index contributed by atoms with van der Waals surface area (Å²) in [6.45, 7) is 7.33. The number of aliphatic hydroxyl groups is 1. The highest BCUT2D eigenvalue weighted by molar-refractivity contribution is 7.10. The summed E-state index contributed by atoms with van der Waals surface area (Å²) >= 11 is 1.47. The van der Waals surface area contributed by atoms with Crippen LogP contribution in [0.25, 0.3) is 0 Å². The summed E-state index contributed by atoms with van der Waals surface area (Å²) in [4.78, 5) is 12.2. The maximum absolute atomic E-state index is 11.4. The van der Waals surface area contributed by atoms with Crippen LogP contribution < -0.4 is 5.32 Å². The molecular weight excluding hydrogens is 266 g/mol. The van der Waals surface area contributed by atoms with Crippen LogP contribution in [0.5, 0.6) is 0 Å². The van der Waals surface area contributed by atoms with E-state index in [4.69, 9.17) is 4.74 Å². The van der Waals surface area contributed by atoms with Gasteiger partial charge in [-0.15, -0.1) is 11.3 Å². The van der Waals surface area contributed by atoms with Crippen molar-refractivity contribution < 1.29 is 14.6 Å². The maximum Gasteiger partial charge on any atom is 0.407 e. The molecule has 6 heteroatoms. The molecule has 0 spiro atoms. The van der Waals surface area contributed by atoms with Gasteiger partial charge in [-0.2, -0.15) is 0 Å². The Balaban J connectivity index is 2.17. The molecule has 4 nitrogen and oxygen atoms in total. The first-order chi connectivity index (χ1) is 8.38. The highest BCUT2D eigenvalue weighted by atomic mass is 32.1. The molecule has 0 fully saturated rings. The van der Waals surface area contributed by atoms with Gasteiger partial charge in [0.25, 0.3) is 0 Å². The molecule has 1 heterocycles. The number of amides is 1. The standard InChI is InChI=1S/C12H21NO3SSi/c1-18(2,3)8-6-16-12(15)13-9-10(14)11-5-4-7-17-11/h4-5,7,10,14H,6,8-9H2,1-3H3,(H,13,15)/t10-/m1/s1. The van der Waals surface area contributed by atoms with E-state index in [1.807, 2.05) is 17.5 Å². The van der Waals surface area contributed by atoms with E-state index in [-0.39, 0.29) is 6.54 Å². The van der Waals surface area contributed by atoms with E-state index in [0.29, 0.717) is 6.61 Å². The van der Waals surface area contributed by atoms with Crippen LogP contribution in [-0.2, 0) is 4.74 Å². The molecule has 0 bridgehead atoms. The number of thiophene rings is 1. The van der Waals surface area contributed by atoms with E-state index in [1.54, 1.807) is 0 Å². The van der Waals surface area contributed by atoms with Gasteiger partial charge in [-0.25, -0.2) is 4.79 Å². The minimum atomic E-state index is -1.17. The Morgan fingerprint density at radius 1 is 1.56 bits per heavy atom. The second-order valence-corrected chi connectivity index (χ2v) is 12.0. The molecule has 0 aliphatic rings. The number of hydrogen-bond donors (Lipinski definition) is 2. The van der Waals surface area contributed by atoms with Gasteiger partial charge in [-0.1, -0.05) is 25.7 Å². The lowest BCUT2D eigenvalue weighted by Gasteiger charge is -2.16. The third-order valence-corrected chi connectivity index (χ3v) is 5.07. The summed E-state index contributed by atoms with van der Waals surface area (Å²) < 4.78 is 5.06. The van der Waals surface area contributed by atoms with E-state index in [2.05, 4.69) is 25.0 Å². The number of carbonyl (C=O) groups excluding carboxylic acids is 1. The lowest BCUT2D eigenvalue weighted by molar-refractivity contribution is 0.136. The van der Waals surface area contributed by atoms with Crippen molar-refractivity contribution in [1.29, 1.82) is 0 Å². The second kappa shape index (κ2) is 6.91. The van der Waals surface area contributed by atoms with Crippen molar-refractivity contribution in [2.24, 2.45) is 0 Å². The van der Waals surface area contributed by atoms with Crippen LogP contribution in [0.1, 0.15) is 11.0 Å². The highest BCUT2D eigenvalue weighted by Crippen LogP contribution is 2.17. The van der Waals surface area contributed by atoms with Crippen LogP contribution >= 0.6 is 11.3 Å². The Morgan fingerprint density at radius 2 is 2.28 bits per heavy atom. The van der Waals surface area contributed by atoms with Crippen molar-refractivity contribution in [3.63, 3.8) is 0 Å². The summed E-state index contributed by atoms with van der Waals surface area (Å²) in [6, 6.07) is 4.66. The lowest BCUT2D eigenvalue weighted by Crippen LogP contribution is -2.30. The van der Waals surface area contributed by atoms with Crippen molar-refractivity contribution in [2.45, 2.75) is 31.8 Å². The van der Waals surface area contributed by atoms with Crippen LogP contribution in [0.2, 0.25) is 25.7 Å². The minimum Gasteiger partial charge on any atom is -0.450 e. The molecule has 1 amide bonds. The number of nitrogens with one attached hydrogen (secondary N) is 1. The van der Waals surface area contributed by atoms with Crippen LogP contribution in [-0.4, -0.2) is 32.4 Å². The molecule has 18 heavy (non-hydrogen) atoms. The Labute approximate surface area is 113 Å². The zero-order valence-electron chi connectivity index (χ0n) is 11.1. The molecule has 1 aromatic rings. The lowest BCUT2D eigenvalue weighted by atomic mass is 10.3. The molecule has 0 saturated heterocycles. The van der Waals surface area contributed by atoms with E-state index >= 15 is 0 Å². The fraction of sp³-hybridized carbons (Fsp3) is 0.583. The van der Waals surface area contributed by atoms with Gasteiger partial charge in [0.15, 0.2) is 0 Å². The summed E-state index contributed by atoms with van der Waals surface area (Å²) in [7, 11) is -1.17. The van der Waals surface area contributed by atoms with Gasteiger partial charge in [-0.05, 0) is 17.5 Å². The molecule has 0 saturated carbocycles. The largest absolute Gasteiger partial charge is 0.450 e. The normalized spacial score (nSPS) is 13.1. The molecule has 0 unspecified atom stereocenters. The number of aliphatic hydroxyl groups excluding tert-OH is 1. The minimum absolute atomic E-state index is 0.187. The predicted octanol–water partition coefficient (Wildman–Crippen LogP) is 2.85. The fourth-order valence-corrected chi connectivity index (χ4v) is 2.69. The molecule has 1 atom stereocenters. The average Bonchev–Trinajstić information content (AvgIpc) is 2.77. The Hall–Kier alpha value is -0.853. The van der Waals surface area contributed by atoms with Crippen molar-refractivity contribution in [2.75, 3.05) is 13.2 Å². The van der Waals surface area contributed by atoms with Crippen molar-refractivity contribution in [3.05, 3.63) is 22.4 Å². The van der Waals surface area contributed by atoms with Crippen LogP contribution in [0.4, 0.5) is 4.79 Å². The van der Waals surface area contributed by atoms with Crippen molar-refractivity contribution in [1.82, 2.24) is 5.32 Å². The molecule has 1 rings (SSSR count). The molecule has 0 radical (unpaired) electrons. The molecule has 2 N–H and O–H groups in total. The number of hydrogen-bond acceptors (Lipinski definition) is 4. The van der Waals surface area contributed by atoms with E-state index < -0.39 is 20.3 Å². The Morgan fingerprint density at radius 3 is 2.83 bits per heavy atom. The van der Waals surface area contributed by atoms with Gasteiger partial charge in [0.2, 0.25) is 0 Å². The average molecular weight is 287 g/mol. The maximum atomic E-state index is 11.4. The van der Waals surface area contributed by atoms with Crippen molar-refractivity contribution >= 4 is 25.5 Å². The SMILES string of the molecule is C[Si](C)(C)CCOC(=O)NC[C@@H](O)c1cccs1. The van der Waals surface area contributed by atoms with Gasteiger partial charge in [0.1, 0.15) is 6.10 Å². The molecule has 0 aromatic carbocycles. The second-order valence-electron chi connectivity index (χ2n) is 5.36. The predicted molar refractivity (Wildman–Crippen MR) is 76.8 cm³/mol. The van der Waals surface area contributed by atoms with Crippen LogP contribution in [0.3, 0.4) is 0 Å². The van der Waals surface area contributed by atoms with Gasteiger partial charge < -0.3 is 15.2 Å². The molecule has 0 aliphatic carbocycles. The van der Waals surface area contributed by atoms with E-state index in [0.717, 1.165) is 10.9 Å². The molecular formula is C12H21NO3SSi.